The Morgan fingerprint density at radius 1 is 1.31 bits per heavy atom. The van der Waals surface area contributed by atoms with Crippen molar-refractivity contribution < 1.29 is 4.79 Å². The molecule has 0 N–H and O–H groups in total. The molecule has 0 aromatic carbocycles. The zero-order valence-electron chi connectivity index (χ0n) is 8.76. The summed E-state index contributed by atoms with van der Waals surface area (Å²) in [6.45, 7) is 9.33. The summed E-state index contributed by atoms with van der Waals surface area (Å²) in [5.41, 5.74) is 1.74. The zero-order chi connectivity index (χ0) is 10.3. The van der Waals surface area contributed by atoms with Gasteiger partial charge in [0.1, 0.15) is 0 Å². The van der Waals surface area contributed by atoms with Gasteiger partial charge >= 0.3 is 0 Å². The third-order valence-electron chi connectivity index (χ3n) is 1.61. The molecular weight excluding hydrogens is 160 g/mol. The number of hydrogen-bond acceptors (Lipinski definition) is 1. The molecule has 1 heteroatoms. The van der Waals surface area contributed by atoms with Crippen molar-refractivity contribution in [2.45, 2.75) is 33.6 Å². The van der Waals surface area contributed by atoms with E-state index in [4.69, 9.17) is 0 Å². The van der Waals surface area contributed by atoms with Crippen molar-refractivity contribution in [2.75, 3.05) is 0 Å². The molecule has 0 atom stereocenters. The van der Waals surface area contributed by atoms with Gasteiger partial charge in [-0.05, 0) is 20.3 Å². The summed E-state index contributed by atoms with van der Waals surface area (Å²) in [7, 11) is 0. The Labute approximate surface area is 80.8 Å². The monoisotopic (exact) mass is 178 g/mol. The SMILES string of the molecule is C=C(C)/C=C\C(=C/CCC)C(C)=O. The molecule has 0 unspecified atom stereocenters. The van der Waals surface area contributed by atoms with Crippen molar-refractivity contribution >= 4 is 5.78 Å². The Kier molecular flexibility index (Phi) is 5.86. The molecule has 0 bridgehead atoms. The van der Waals surface area contributed by atoms with Gasteiger partial charge in [0.25, 0.3) is 0 Å². The van der Waals surface area contributed by atoms with Crippen molar-refractivity contribution in [3.63, 3.8) is 0 Å². The van der Waals surface area contributed by atoms with Crippen molar-refractivity contribution in [3.8, 4) is 0 Å². The van der Waals surface area contributed by atoms with Gasteiger partial charge in [-0.3, -0.25) is 4.79 Å². The molecular formula is C12H18O. The van der Waals surface area contributed by atoms with Crippen LogP contribution < -0.4 is 0 Å². The molecule has 0 saturated carbocycles. The molecule has 0 heterocycles. The second-order valence-corrected chi connectivity index (χ2v) is 3.18. The summed E-state index contributed by atoms with van der Waals surface area (Å²) in [5.74, 6) is 0.117. The number of Topliss-reactive ketones (excluding diaryl/α,β-unsaturated/α-hetero) is 1. The third-order valence-corrected chi connectivity index (χ3v) is 1.61. The van der Waals surface area contributed by atoms with Crippen LogP contribution in [0.4, 0.5) is 0 Å². The molecule has 0 aliphatic rings. The summed E-state index contributed by atoms with van der Waals surface area (Å²) >= 11 is 0. The van der Waals surface area contributed by atoms with Crippen molar-refractivity contribution in [2.24, 2.45) is 0 Å². The number of allylic oxidation sites excluding steroid dienone is 5. The molecule has 0 aliphatic heterocycles. The Bertz CT molecular complexity index is 244. The highest BCUT2D eigenvalue weighted by molar-refractivity contribution is 5.96. The minimum Gasteiger partial charge on any atom is -0.295 e. The molecule has 0 aromatic rings. The maximum atomic E-state index is 11.1. The van der Waals surface area contributed by atoms with E-state index in [9.17, 15) is 4.79 Å². The first kappa shape index (κ1) is 11.9. The van der Waals surface area contributed by atoms with Gasteiger partial charge in [0.15, 0.2) is 5.78 Å². The number of carbonyl (C=O) groups is 1. The zero-order valence-corrected chi connectivity index (χ0v) is 8.76. The quantitative estimate of drug-likeness (QED) is 0.465. The Morgan fingerprint density at radius 3 is 2.31 bits per heavy atom. The van der Waals surface area contributed by atoms with E-state index in [2.05, 4.69) is 13.5 Å². The van der Waals surface area contributed by atoms with E-state index in [1.54, 1.807) is 6.92 Å². The fourth-order valence-corrected chi connectivity index (χ4v) is 0.861. The van der Waals surface area contributed by atoms with Crippen LogP contribution in [0.3, 0.4) is 0 Å². The molecule has 0 aliphatic carbocycles. The molecule has 0 spiro atoms. The second-order valence-electron chi connectivity index (χ2n) is 3.18. The summed E-state index contributed by atoms with van der Waals surface area (Å²) in [5, 5.41) is 0. The van der Waals surface area contributed by atoms with Crippen molar-refractivity contribution in [1.82, 2.24) is 0 Å². The van der Waals surface area contributed by atoms with Gasteiger partial charge < -0.3 is 0 Å². The smallest absolute Gasteiger partial charge is 0.159 e. The van der Waals surface area contributed by atoms with Crippen LogP contribution in [-0.2, 0) is 4.79 Å². The topological polar surface area (TPSA) is 17.1 Å². The second kappa shape index (κ2) is 6.41. The van der Waals surface area contributed by atoms with Crippen LogP contribution in [0.25, 0.3) is 0 Å². The molecule has 13 heavy (non-hydrogen) atoms. The Balaban J connectivity index is 4.43. The fourth-order valence-electron chi connectivity index (χ4n) is 0.861. The Hall–Kier alpha value is -1.11. The standard InChI is InChI=1S/C12H18O/c1-5-6-7-12(11(4)13)9-8-10(2)3/h7-9H,2,5-6H2,1,3-4H3/b9-8-,12-7+. The van der Waals surface area contributed by atoms with Crippen LogP contribution in [0.5, 0.6) is 0 Å². The molecule has 0 radical (unpaired) electrons. The lowest BCUT2D eigenvalue weighted by Crippen LogP contribution is -1.92. The first-order valence-electron chi connectivity index (χ1n) is 4.62. The average molecular weight is 178 g/mol. The molecule has 0 amide bonds. The number of carbonyl (C=O) groups excluding carboxylic acids is 1. The van der Waals surface area contributed by atoms with Crippen LogP contribution in [0.2, 0.25) is 0 Å². The maximum absolute atomic E-state index is 11.1. The van der Waals surface area contributed by atoms with E-state index in [-0.39, 0.29) is 5.78 Å². The summed E-state index contributed by atoms with van der Waals surface area (Å²) in [4.78, 5) is 11.1. The molecule has 0 rings (SSSR count). The number of hydrogen-bond donors (Lipinski definition) is 0. The number of rotatable bonds is 5. The third kappa shape index (κ3) is 6.09. The first-order chi connectivity index (χ1) is 6.07. The molecule has 72 valence electrons. The van der Waals surface area contributed by atoms with Crippen LogP contribution in [0, 0.1) is 0 Å². The Morgan fingerprint density at radius 2 is 1.92 bits per heavy atom. The predicted octanol–water partition coefficient (Wildman–Crippen LogP) is 3.43. The highest BCUT2D eigenvalue weighted by Crippen LogP contribution is 2.04. The van der Waals surface area contributed by atoms with Gasteiger partial charge in [-0.25, -0.2) is 0 Å². The maximum Gasteiger partial charge on any atom is 0.159 e. The van der Waals surface area contributed by atoms with Crippen LogP contribution in [0.15, 0.2) is 36.0 Å². The lowest BCUT2D eigenvalue weighted by Gasteiger charge is -1.95. The van der Waals surface area contributed by atoms with E-state index in [0.717, 1.165) is 24.0 Å². The van der Waals surface area contributed by atoms with Crippen molar-refractivity contribution in [1.29, 1.82) is 0 Å². The van der Waals surface area contributed by atoms with Crippen LogP contribution >= 0.6 is 0 Å². The molecule has 1 nitrogen and oxygen atoms in total. The first-order valence-corrected chi connectivity index (χ1v) is 4.62. The van der Waals surface area contributed by atoms with E-state index < -0.39 is 0 Å². The van der Waals surface area contributed by atoms with Gasteiger partial charge in [-0.15, -0.1) is 0 Å². The number of unbranched alkanes of at least 4 members (excludes halogenated alkanes) is 1. The molecule has 0 saturated heterocycles. The fraction of sp³-hybridized carbons (Fsp3) is 0.417. The normalized spacial score (nSPS) is 12.1. The van der Waals surface area contributed by atoms with Gasteiger partial charge in [-0.2, -0.15) is 0 Å². The van der Waals surface area contributed by atoms with E-state index >= 15 is 0 Å². The minimum atomic E-state index is 0.117. The van der Waals surface area contributed by atoms with E-state index in [0.29, 0.717) is 0 Å². The highest BCUT2D eigenvalue weighted by atomic mass is 16.1. The largest absolute Gasteiger partial charge is 0.295 e. The summed E-state index contributed by atoms with van der Waals surface area (Å²) < 4.78 is 0. The van der Waals surface area contributed by atoms with Crippen LogP contribution in [0.1, 0.15) is 33.6 Å². The summed E-state index contributed by atoms with van der Waals surface area (Å²) in [6.07, 6.45) is 7.69. The van der Waals surface area contributed by atoms with Gasteiger partial charge in [0.2, 0.25) is 0 Å². The predicted molar refractivity (Wildman–Crippen MR) is 57.6 cm³/mol. The highest BCUT2D eigenvalue weighted by Gasteiger charge is 1.97. The van der Waals surface area contributed by atoms with Gasteiger partial charge in [-0.1, -0.05) is 43.7 Å². The van der Waals surface area contributed by atoms with E-state index in [1.165, 1.54) is 0 Å². The minimum absolute atomic E-state index is 0.117. The van der Waals surface area contributed by atoms with Gasteiger partial charge in [0.05, 0.1) is 0 Å². The number of ketones is 1. The van der Waals surface area contributed by atoms with Crippen LogP contribution in [-0.4, -0.2) is 5.78 Å². The van der Waals surface area contributed by atoms with Crippen molar-refractivity contribution in [3.05, 3.63) is 36.0 Å². The summed E-state index contributed by atoms with van der Waals surface area (Å²) in [6, 6.07) is 0. The molecule has 0 aromatic heterocycles. The lowest BCUT2D eigenvalue weighted by atomic mass is 10.1. The average Bonchev–Trinajstić information content (AvgIpc) is 2.03. The molecule has 0 fully saturated rings. The lowest BCUT2D eigenvalue weighted by molar-refractivity contribution is -0.113. The van der Waals surface area contributed by atoms with Gasteiger partial charge in [0, 0.05) is 5.57 Å². The van der Waals surface area contributed by atoms with E-state index in [1.807, 2.05) is 25.2 Å².